The van der Waals surface area contributed by atoms with Crippen LogP contribution in [0.2, 0.25) is 0 Å². The molecular weight excluding hydrogens is 180 g/mol. The molecule has 0 radical (unpaired) electrons. The van der Waals surface area contributed by atoms with E-state index < -0.39 is 5.91 Å². The Balaban J connectivity index is 2.49. The van der Waals surface area contributed by atoms with E-state index in [0.717, 1.165) is 13.2 Å². The molecule has 1 amide bonds. The van der Waals surface area contributed by atoms with Gasteiger partial charge in [0.25, 0.3) is 5.91 Å². The fourth-order valence-corrected chi connectivity index (χ4v) is 1.56. The number of hydrogen-bond acceptors (Lipinski definition) is 3. The van der Waals surface area contributed by atoms with Crippen molar-refractivity contribution in [2.24, 2.45) is 5.73 Å². The number of carbonyl (C=O) groups is 1. The van der Waals surface area contributed by atoms with E-state index in [1.807, 2.05) is 0 Å². The van der Waals surface area contributed by atoms with Gasteiger partial charge in [-0.05, 0) is 19.8 Å². The van der Waals surface area contributed by atoms with Gasteiger partial charge in [0, 0.05) is 12.1 Å². The molecule has 1 aliphatic heterocycles. The molecular formula is C10H16N2O2. The summed E-state index contributed by atoms with van der Waals surface area (Å²) in [5.41, 5.74) is 4.92. The van der Waals surface area contributed by atoms with Crippen molar-refractivity contribution in [1.82, 2.24) is 4.90 Å². The number of morpholine rings is 1. The van der Waals surface area contributed by atoms with Gasteiger partial charge in [-0.2, -0.15) is 0 Å². The lowest BCUT2D eigenvalue weighted by Gasteiger charge is -2.37. The van der Waals surface area contributed by atoms with Crippen molar-refractivity contribution in [3.8, 4) is 11.8 Å². The van der Waals surface area contributed by atoms with Gasteiger partial charge in [0.1, 0.15) is 0 Å². The summed E-state index contributed by atoms with van der Waals surface area (Å²) in [6.07, 6.45) is 0. The van der Waals surface area contributed by atoms with Gasteiger partial charge in [0.05, 0.1) is 19.8 Å². The molecule has 0 saturated carbocycles. The third-order valence-corrected chi connectivity index (χ3v) is 2.32. The van der Waals surface area contributed by atoms with Crippen molar-refractivity contribution in [3.05, 3.63) is 0 Å². The number of nitrogens with two attached hydrogens (primary N) is 1. The Morgan fingerprint density at radius 3 is 2.57 bits per heavy atom. The first-order valence-electron chi connectivity index (χ1n) is 4.73. The van der Waals surface area contributed by atoms with Crippen LogP contribution in [0.4, 0.5) is 0 Å². The minimum Gasteiger partial charge on any atom is -0.378 e. The Morgan fingerprint density at radius 1 is 1.50 bits per heavy atom. The zero-order chi connectivity index (χ0) is 10.6. The molecule has 0 bridgehead atoms. The molecule has 0 aromatic carbocycles. The first-order chi connectivity index (χ1) is 6.61. The average molecular weight is 196 g/mol. The highest BCUT2D eigenvalue weighted by molar-refractivity contribution is 5.91. The zero-order valence-corrected chi connectivity index (χ0v) is 8.62. The first-order valence-corrected chi connectivity index (χ1v) is 4.73. The summed E-state index contributed by atoms with van der Waals surface area (Å²) in [6.45, 7) is 6.20. The molecule has 0 aromatic rings. The first kappa shape index (κ1) is 11.0. The Morgan fingerprint density at radius 2 is 2.07 bits per heavy atom. The lowest BCUT2D eigenvalue weighted by molar-refractivity contribution is -0.112. The molecule has 14 heavy (non-hydrogen) atoms. The standard InChI is InChI=1S/C10H16N2O2/c1-8-6-14-7-9(2)12(8)5-3-4-10(11)13/h8-9H,5-7H2,1-2H3,(H2,11,13). The van der Waals surface area contributed by atoms with E-state index in [2.05, 4.69) is 30.6 Å². The lowest BCUT2D eigenvalue weighted by Crippen LogP contribution is -2.49. The van der Waals surface area contributed by atoms with E-state index >= 15 is 0 Å². The summed E-state index contributed by atoms with van der Waals surface area (Å²) in [6, 6.07) is 0.696. The molecule has 4 heteroatoms. The molecule has 0 aromatic heterocycles. The van der Waals surface area contributed by atoms with Crippen LogP contribution in [0.25, 0.3) is 0 Å². The Kier molecular flexibility index (Phi) is 3.93. The largest absolute Gasteiger partial charge is 0.378 e. The number of amides is 1. The van der Waals surface area contributed by atoms with E-state index in [1.54, 1.807) is 0 Å². The van der Waals surface area contributed by atoms with E-state index in [9.17, 15) is 4.79 Å². The van der Waals surface area contributed by atoms with Crippen molar-refractivity contribution in [2.45, 2.75) is 25.9 Å². The second-order valence-corrected chi connectivity index (χ2v) is 3.57. The van der Waals surface area contributed by atoms with Gasteiger partial charge in [0.2, 0.25) is 0 Å². The summed E-state index contributed by atoms with van der Waals surface area (Å²) in [4.78, 5) is 12.6. The molecule has 2 N–H and O–H groups in total. The molecule has 1 heterocycles. The fourth-order valence-electron chi connectivity index (χ4n) is 1.56. The molecule has 0 aliphatic carbocycles. The Labute approximate surface area is 84.4 Å². The summed E-state index contributed by atoms with van der Waals surface area (Å²) in [5.74, 6) is 4.53. The van der Waals surface area contributed by atoms with Crippen molar-refractivity contribution in [2.75, 3.05) is 19.8 Å². The molecule has 4 nitrogen and oxygen atoms in total. The van der Waals surface area contributed by atoms with Crippen LogP contribution >= 0.6 is 0 Å². The zero-order valence-electron chi connectivity index (χ0n) is 8.62. The summed E-state index contributed by atoms with van der Waals surface area (Å²) >= 11 is 0. The summed E-state index contributed by atoms with van der Waals surface area (Å²) in [7, 11) is 0. The van der Waals surface area contributed by atoms with Gasteiger partial charge >= 0.3 is 0 Å². The highest BCUT2D eigenvalue weighted by Crippen LogP contribution is 2.11. The maximum absolute atomic E-state index is 10.4. The maximum atomic E-state index is 10.4. The van der Waals surface area contributed by atoms with E-state index in [-0.39, 0.29) is 0 Å². The van der Waals surface area contributed by atoms with E-state index in [1.165, 1.54) is 0 Å². The molecule has 78 valence electrons. The lowest BCUT2D eigenvalue weighted by atomic mass is 10.2. The highest BCUT2D eigenvalue weighted by Gasteiger charge is 2.23. The van der Waals surface area contributed by atoms with Crippen molar-refractivity contribution in [1.29, 1.82) is 0 Å². The summed E-state index contributed by atoms with van der Waals surface area (Å²) < 4.78 is 5.37. The Bertz CT molecular complexity index is 257. The smallest absolute Gasteiger partial charge is 0.293 e. The summed E-state index contributed by atoms with van der Waals surface area (Å²) in [5, 5.41) is 0. The van der Waals surface area contributed by atoms with Crippen LogP contribution in [0.5, 0.6) is 0 Å². The van der Waals surface area contributed by atoms with Crippen molar-refractivity contribution < 1.29 is 9.53 Å². The monoisotopic (exact) mass is 196 g/mol. The van der Waals surface area contributed by atoms with E-state index in [0.29, 0.717) is 18.6 Å². The second-order valence-electron chi connectivity index (χ2n) is 3.57. The molecule has 0 spiro atoms. The second kappa shape index (κ2) is 4.99. The molecule has 2 atom stereocenters. The maximum Gasteiger partial charge on any atom is 0.293 e. The molecule has 1 fully saturated rings. The average Bonchev–Trinajstić information content (AvgIpc) is 2.09. The minimum absolute atomic E-state index is 0.348. The Hall–Kier alpha value is -1.05. The number of ether oxygens (including phenoxy) is 1. The highest BCUT2D eigenvalue weighted by atomic mass is 16.5. The topological polar surface area (TPSA) is 55.6 Å². The number of primary amides is 1. The molecule has 1 saturated heterocycles. The number of nitrogens with zero attached hydrogens (tertiary/aromatic N) is 1. The predicted octanol–water partition coefficient (Wildman–Crippen LogP) is -0.416. The SMILES string of the molecule is CC1COCC(C)N1CC#CC(N)=O. The number of rotatable bonds is 1. The van der Waals surface area contributed by atoms with Gasteiger partial charge in [-0.3, -0.25) is 9.69 Å². The van der Waals surface area contributed by atoms with Crippen LogP contribution in [0.3, 0.4) is 0 Å². The van der Waals surface area contributed by atoms with Crippen LogP contribution in [0.15, 0.2) is 0 Å². The van der Waals surface area contributed by atoms with E-state index in [4.69, 9.17) is 10.5 Å². The van der Waals surface area contributed by atoms with Gasteiger partial charge in [-0.25, -0.2) is 0 Å². The van der Waals surface area contributed by atoms with Crippen LogP contribution in [-0.2, 0) is 9.53 Å². The van der Waals surface area contributed by atoms with Gasteiger partial charge in [0.15, 0.2) is 0 Å². The van der Waals surface area contributed by atoms with Gasteiger partial charge < -0.3 is 10.5 Å². The van der Waals surface area contributed by atoms with Crippen LogP contribution in [0, 0.1) is 11.8 Å². The third kappa shape index (κ3) is 3.02. The third-order valence-electron chi connectivity index (χ3n) is 2.32. The quantitative estimate of drug-likeness (QED) is 0.580. The predicted molar refractivity (Wildman–Crippen MR) is 53.4 cm³/mol. The van der Waals surface area contributed by atoms with Gasteiger partial charge in [-0.15, -0.1) is 0 Å². The van der Waals surface area contributed by atoms with Gasteiger partial charge in [-0.1, -0.05) is 5.92 Å². The molecule has 1 aliphatic rings. The minimum atomic E-state index is -0.571. The molecule has 2 unspecified atom stereocenters. The normalized spacial score (nSPS) is 27.9. The number of carbonyl (C=O) groups excluding carboxylic acids is 1. The van der Waals surface area contributed by atoms with Crippen molar-refractivity contribution >= 4 is 5.91 Å². The number of hydrogen-bond donors (Lipinski definition) is 1. The van der Waals surface area contributed by atoms with Crippen LogP contribution in [0.1, 0.15) is 13.8 Å². The van der Waals surface area contributed by atoms with Crippen LogP contribution in [-0.4, -0.2) is 42.6 Å². The molecule has 1 rings (SSSR count). The van der Waals surface area contributed by atoms with Crippen LogP contribution < -0.4 is 5.73 Å². The van der Waals surface area contributed by atoms with Crippen molar-refractivity contribution in [3.63, 3.8) is 0 Å². The fraction of sp³-hybridized carbons (Fsp3) is 0.700.